The Bertz CT molecular complexity index is 1150. The van der Waals surface area contributed by atoms with E-state index in [1.165, 1.54) is 18.2 Å². The molecule has 1 aliphatic heterocycles. The molecule has 1 fully saturated rings. The summed E-state index contributed by atoms with van der Waals surface area (Å²) in [6, 6.07) is 10.8. The molecule has 162 valence electrons. The highest BCUT2D eigenvalue weighted by Crippen LogP contribution is 2.33. The van der Waals surface area contributed by atoms with E-state index in [4.69, 9.17) is 5.73 Å². The number of alkyl halides is 3. The van der Waals surface area contributed by atoms with Gasteiger partial charge in [-0.25, -0.2) is 4.98 Å². The minimum absolute atomic E-state index is 0.149. The van der Waals surface area contributed by atoms with E-state index in [2.05, 4.69) is 10.3 Å². The van der Waals surface area contributed by atoms with E-state index in [0.29, 0.717) is 11.4 Å². The number of carbonyl (C=O) groups excluding carboxylic acids is 2. The quantitative estimate of drug-likeness (QED) is 0.648. The van der Waals surface area contributed by atoms with Crippen LogP contribution in [0.2, 0.25) is 0 Å². The van der Waals surface area contributed by atoms with Gasteiger partial charge in [0, 0.05) is 18.7 Å². The van der Waals surface area contributed by atoms with Gasteiger partial charge >= 0.3 is 6.18 Å². The van der Waals surface area contributed by atoms with Crippen molar-refractivity contribution in [2.45, 2.75) is 25.6 Å². The molecule has 1 aromatic heterocycles. The largest absolute Gasteiger partial charge is 0.449 e. The van der Waals surface area contributed by atoms with Gasteiger partial charge in [-0.15, -0.1) is 0 Å². The molecule has 0 bridgehead atoms. The number of hydrogen-bond acceptors (Lipinski definition) is 4. The lowest BCUT2D eigenvalue weighted by Crippen LogP contribution is -2.25. The van der Waals surface area contributed by atoms with Crippen molar-refractivity contribution in [3.63, 3.8) is 0 Å². The molecule has 2 aromatic carbocycles. The van der Waals surface area contributed by atoms with Gasteiger partial charge in [0.2, 0.25) is 17.6 Å². The van der Waals surface area contributed by atoms with Gasteiger partial charge in [0.05, 0.1) is 22.4 Å². The lowest BCUT2D eigenvalue weighted by molar-refractivity contribution is -0.147. The summed E-state index contributed by atoms with van der Waals surface area (Å²) in [5.74, 6) is -2.48. The number of amides is 2. The Morgan fingerprint density at radius 3 is 2.48 bits per heavy atom. The van der Waals surface area contributed by atoms with Crippen LogP contribution in [0.1, 0.15) is 29.0 Å². The number of halogens is 3. The second-order valence-corrected chi connectivity index (χ2v) is 7.35. The number of nitrogens with zero attached hydrogens (tertiary/aromatic N) is 3. The average molecular weight is 431 g/mol. The summed E-state index contributed by atoms with van der Waals surface area (Å²) in [6.07, 6.45) is -2.74. The van der Waals surface area contributed by atoms with E-state index in [9.17, 15) is 22.8 Å². The van der Waals surface area contributed by atoms with Crippen molar-refractivity contribution in [1.29, 1.82) is 0 Å². The maximum Gasteiger partial charge on any atom is 0.449 e. The Labute approximate surface area is 175 Å². The molecule has 1 saturated heterocycles. The number of benzene rings is 2. The van der Waals surface area contributed by atoms with Gasteiger partial charge in [-0.05, 0) is 43.2 Å². The van der Waals surface area contributed by atoms with Crippen LogP contribution < -0.4 is 16.0 Å². The standard InChI is InChI=1S/C21H20F3N5O2/c22-21(23,24)20-27-14-5-1-2-6-17(14)29(20)12-18(30)26-15-11-13(19(25)31)7-8-16(15)28-9-3-4-10-28/h1-2,5-8,11H,3-4,9-10,12H2,(H2,25,31)(H,26,30). The molecule has 10 heteroatoms. The molecule has 1 aliphatic rings. The molecule has 3 aromatic rings. The van der Waals surface area contributed by atoms with Gasteiger partial charge in [-0.2, -0.15) is 13.2 Å². The molecule has 3 N–H and O–H groups in total. The van der Waals surface area contributed by atoms with Crippen LogP contribution in [0.15, 0.2) is 42.5 Å². The highest BCUT2D eigenvalue weighted by molar-refractivity contribution is 5.99. The van der Waals surface area contributed by atoms with Crippen molar-refractivity contribution in [2.24, 2.45) is 5.73 Å². The second kappa shape index (κ2) is 7.93. The van der Waals surface area contributed by atoms with Crippen LogP contribution in [0.25, 0.3) is 11.0 Å². The predicted octanol–water partition coefficient (Wildman–Crippen LogP) is 3.39. The summed E-state index contributed by atoms with van der Waals surface area (Å²) in [5, 5.41) is 2.66. The highest BCUT2D eigenvalue weighted by Gasteiger charge is 2.38. The normalized spacial score (nSPS) is 14.2. The third kappa shape index (κ3) is 4.18. The molecule has 4 rings (SSSR count). The van der Waals surface area contributed by atoms with Gasteiger partial charge in [0.1, 0.15) is 6.54 Å². The monoisotopic (exact) mass is 431 g/mol. The summed E-state index contributed by atoms with van der Waals surface area (Å²) < 4.78 is 41.3. The van der Waals surface area contributed by atoms with Gasteiger partial charge in [-0.1, -0.05) is 12.1 Å². The number of imidazole rings is 1. The lowest BCUT2D eigenvalue weighted by Gasteiger charge is -2.22. The Morgan fingerprint density at radius 2 is 1.81 bits per heavy atom. The second-order valence-electron chi connectivity index (χ2n) is 7.35. The molecule has 0 unspecified atom stereocenters. The summed E-state index contributed by atoms with van der Waals surface area (Å²) >= 11 is 0. The van der Waals surface area contributed by atoms with Crippen LogP contribution in [-0.2, 0) is 17.5 Å². The topological polar surface area (TPSA) is 93.3 Å². The van der Waals surface area contributed by atoms with Crippen molar-refractivity contribution < 1.29 is 22.8 Å². The van der Waals surface area contributed by atoms with Crippen molar-refractivity contribution >= 4 is 34.2 Å². The first-order valence-corrected chi connectivity index (χ1v) is 9.75. The summed E-state index contributed by atoms with van der Waals surface area (Å²) in [6.45, 7) is 0.974. The Morgan fingerprint density at radius 1 is 1.10 bits per heavy atom. The van der Waals surface area contributed by atoms with E-state index < -0.39 is 30.4 Å². The van der Waals surface area contributed by atoms with Gasteiger partial charge in [0.15, 0.2) is 0 Å². The number of primary amides is 1. The molecule has 0 aliphatic carbocycles. The van der Waals surface area contributed by atoms with Crippen molar-refractivity contribution in [3.8, 4) is 0 Å². The molecule has 0 radical (unpaired) electrons. The van der Waals surface area contributed by atoms with Gasteiger partial charge in [-0.3, -0.25) is 9.59 Å². The maximum absolute atomic E-state index is 13.5. The fraction of sp³-hybridized carbons (Fsp3) is 0.286. The zero-order chi connectivity index (χ0) is 22.2. The van der Waals surface area contributed by atoms with Crippen LogP contribution in [-0.4, -0.2) is 34.5 Å². The average Bonchev–Trinajstić information content (AvgIpc) is 3.36. The third-order valence-corrected chi connectivity index (χ3v) is 5.21. The molecule has 0 spiro atoms. The lowest BCUT2D eigenvalue weighted by atomic mass is 10.1. The molecule has 2 heterocycles. The van der Waals surface area contributed by atoms with E-state index in [-0.39, 0.29) is 16.6 Å². The maximum atomic E-state index is 13.5. The van der Waals surface area contributed by atoms with E-state index in [0.717, 1.165) is 30.5 Å². The first-order chi connectivity index (χ1) is 14.7. The van der Waals surface area contributed by atoms with Crippen molar-refractivity contribution in [2.75, 3.05) is 23.3 Å². The SMILES string of the molecule is NC(=O)c1ccc(N2CCCC2)c(NC(=O)Cn2c(C(F)(F)F)nc3ccccc32)c1. The summed E-state index contributed by atoms with van der Waals surface area (Å²) in [4.78, 5) is 30.1. The van der Waals surface area contributed by atoms with Crippen molar-refractivity contribution in [1.82, 2.24) is 9.55 Å². The number of carbonyl (C=O) groups is 2. The van der Waals surface area contributed by atoms with Crippen LogP contribution >= 0.6 is 0 Å². The number of nitrogens with one attached hydrogen (secondary N) is 1. The third-order valence-electron chi connectivity index (χ3n) is 5.21. The number of aromatic nitrogens is 2. The zero-order valence-electron chi connectivity index (χ0n) is 16.4. The van der Waals surface area contributed by atoms with E-state index in [1.54, 1.807) is 24.3 Å². The number of fused-ring (bicyclic) bond motifs is 1. The molecular weight excluding hydrogens is 411 g/mol. The zero-order valence-corrected chi connectivity index (χ0v) is 16.4. The summed E-state index contributed by atoms with van der Waals surface area (Å²) in [5.41, 5.74) is 6.94. The molecule has 2 amide bonds. The smallest absolute Gasteiger partial charge is 0.370 e. The van der Waals surface area contributed by atoms with Crippen LogP contribution in [0.3, 0.4) is 0 Å². The van der Waals surface area contributed by atoms with E-state index in [1.807, 2.05) is 4.90 Å². The minimum atomic E-state index is -4.72. The van der Waals surface area contributed by atoms with Crippen molar-refractivity contribution in [3.05, 3.63) is 53.9 Å². The van der Waals surface area contributed by atoms with Crippen LogP contribution in [0.4, 0.5) is 24.5 Å². The predicted molar refractivity (Wildman–Crippen MR) is 110 cm³/mol. The fourth-order valence-electron chi connectivity index (χ4n) is 3.81. The van der Waals surface area contributed by atoms with Crippen LogP contribution in [0.5, 0.6) is 0 Å². The van der Waals surface area contributed by atoms with Gasteiger partial charge in [0.25, 0.3) is 0 Å². The molecule has 0 saturated carbocycles. The fourth-order valence-corrected chi connectivity index (χ4v) is 3.81. The number of anilines is 2. The van der Waals surface area contributed by atoms with Gasteiger partial charge < -0.3 is 20.5 Å². The Hall–Kier alpha value is -3.56. The molecule has 7 nitrogen and oxygen atoms in total. The molecular formula is C21H20F3N5O2. The number of para-hydroxylation sites is 2. The highest BCUT2D eigenvalue weighted by atomic mass is 19.4. The molecule has 0 atom stereocenters. The minimum Gasteiger partial charge on any atom is -0.370 e. The Balaban J connectivity index is 1.67. The van der Waals surface area contributed by atoms with E-state index >= 15 is 0 Å². The molecule has 31 heavy (non-hydrogen) atoms. The first-order valence-electron chi connectivity index (χ1n) is 9.75. The Kier molecular flexibility index (Phi) is 5.30. The summed E-state index contributed by atoms with van der Waals surface area (Å²) in [7, 11) is 0. The number of hydrogen-bond donors (Lipinski definition) is 2. The first kappa shape index (κ1) is 20.7. The number of rotatable bonds is 5. The van der Waals surface area contributed by atoms with Crippen LogP contribution in [0, 0.1) is 0 Å². The number of nitrogens with two attached hydrogens (primary N) is 1.